The van der Waals surface area contributed by atoms with Crippen molar-refractivity contribution in [1.82, 2.24) is 4.98 Å². The molecular formula is C11H14BrN3. The average Bonchev–Trinajstić information content (AvgIpc) is 2.60. The highest BCUT2D eigenvalue weighted by molar-refractivity contribution is 9.10. The van der Waals surface area contributed by atoms with Gasteiger partial charge in [0.25, 0.3) is 0 Å². The number of pyridine rings is 1. The fraction of sp³-hybridized carbons (Fsp3) is 0.545. The Kier molecular flexibility index (Phi) is 2.12. The van der Waals surface area contributed by atoms with Crippen LogP contribution in [0.1, 0.15) is 13.3 Å². The summed E-state index contributed by atoms with van der Waals surface area (Å²) in [5, 5.41) is 3.47. The van der Waals surface area contributed by atoms with Gasteiger partial charge in [-0.3, -0.25) is 0 Å². The Balaban J connectivity index is 2.02. The maximum absolute atomic E-state index is 4.51. The molecule has 80 valence electrons. The van der Waals surface area contributed by atoms with E-state index in [2.05, 4.69) is 44.1 Å². The lowest BCUT2D eigenvalue weighted by Crippen LogP contribution is -2.42. The molecular weight excluding hydrogens is 254 g/mol. The van der Waals surface area contributed by atoms with Crippen molar-refractivity contribution in [2.45, 2.75) is 19.4 Å². The van der Waals surface area contributed by atoms with Crippen LogP contribution in [-0.4, -0.2) is 24.1 Å². The molecule has 2 unspecified atom stereocenters. The molecule has 0 spiro atoms. The number of nitrogens with one attached hydrogen (secondary N) is 1. The summed E-state index contributed by atoms with van der Waals surface area (Å²) in [6.07, 6.45) is 3.16. The summed E-state index contributed by atoms with van der Waals surface area (Å²) in [7, 11) is 0. The molecule has 0 aliphatic carbocycles. The van der Waals surface area contributed by atoms with Crippen LogP contribution >= 0.6 is 15.9 Å². The van der Waals surface area contributed by atoms with Crippen LogP contribution in [0.25, 0.3) is 0 Å². The van der Waals surface area contributed by atoms with Gasteiger partial charge in [-0.05, 0) is 34.3 Å². The molecule has 0 radical (unpaired) electrons. The number of hydrogen-bond donors (Lipinski definition) is 1. The van der Waals surface area contributed by atoms with Gasteiger partial charge in [0, 0.05) is 23.8 Å². The molecule has 1 N–H and O–H groups in total. The summed E-state index contributed by atoms with van der Waals surface area (Å²) < 4.78 is 1.04. The summed E-state index contributed by atoms with van der Waals surface area (Å²) >= 11 is 3.45. The van der Waals surface area contributed by atoms with E-state index < -0.39 is 0 Å². The summed E-state index contributed by atoms with van der Waals surface area (Å²) in [5.41, 5.74) is 1.16. The van der Waals surface area contributed by atoms with E-state index in [0.717, 1.165) is 35.0 Å². The normalized spacial score (nSPS) is 28.3. The number of aromatic nitrogens is 1. The highest BCUT2D eigenvalue weighted by Crippen LogP contribution is 2.37. The van der Waals surface area contributed by atoms with E-state index in [1.54, 1.807) is 0 Å². The third-order valence-electron chi connectivity index (χ3n) is 3.49. The third kappa shape index (κ3) is 1.42. The number of fused-ring (bicyclic) bond motifs is 3. The Hall–Kier alpha value is -0.770. The lowest BCUT2D eigenvalue weighted by atomic mass is 10.0. The maximum atomic E-state index is 4.51. The highest BCUT2D eigenvalue weighted by Gasteiger charge is 2.35. The van der Waals surface area contributed by atoms with E-state index in [0.29, 0.717) is 6.04 Å². The molecule has 1 aromatic rings. The van der Waals surface area contributed by atoms with Gasteiger partial charge in [0.1, 0.15) is 0 Å². The van der Waals surface area contributed by atoms with Gasteiger partial charge in [0.15, 0.2) is 5.82 Å². The van der Waals surface area contributed by atoms with E-state index >= 15 is 0 Å². The van der Waals surface area contributed by atoms with Crippen LogP contribution in [-0.2, 0) is 0 Å². The Morgan fingerprint density at radius 1 is 1.60 bits per heavy atom. The largest absolute Gasteiger partial charge is 0.380 e. The quantitative estimate of drug-likeness (QED) is 0.783. The number of hydrogen-bond acceptors (Lipinski definition) is 3. The fourth-order valence-corrected chi connectivity index (χ4v) is 2.92. The second-order valence-electron chi connectivity index (χ2n) is 4.43. The summed E-state index contributed by atoms with van der Waals surface area (Å²) in [6, 6.07) is 2.74. The van der Waals surface area contributed by atoms with Crippen molar-refractivity contribution in [2.24, 2.45) is 5.92 Å². The SMILES string of the molecule is CC1CCN2c3ncc(Br)cc3NCC12. The molecule has 2 aliphatic heterocycles. The van der Waals surface area contributed by atoms with E-state index in [1.165, 1.54) is 6.42 Å². The first-order chi connectivity index (χ1) is 7.25. The molecule has 2 aliphatic rings. The molecule has 1 saturated heterocycles. The van der Waals surface area contributed by atoms with Gasteiger partial charge >= 0.3 is 0 Å². The van der Waals surface area contributed by atoms with Gasteiger partial charge < -0.3 is 10.2 Å². The molecule has 0 amide bonds. The zero-order chi connectivity index (χ0) is 10.4. The van der Waals surface area contributed by atoms with Crippen molar-refractivity contribution in [1.29, 1.82) is 0 Å². The minimum absolute atomic E-state index is 0.631. The molecule has 0 bridgehead atoms. The Morgan fingerprint density at radius 2 is 2.47 bits per heavy atom. The summed E-state index contributed by atoms with van der Waals surface area (Å²) in [6.45, 7) is 4.53. The second-order valence-corrected chi connectivity index (χ2v) is 5.35. The fourth-order valence-electron chi connectivity index (χ4n) is 2.59. The molecule has 3 heterocycles. The minimum Gasteiger partial charge on any atom is -0.380 e. The van der Waals surface area contributed by atoms with Crippen molar-refractivity contribution >= 4 is 27.4 Å². The highest BCUT2D eigenvalue weighted by atomic mass is 79.9. The van der Waals surface area contributed by atoms with Crippen LogP contribution in [0.4, 0.5) is 11.5 Å². The van der Waals surface area contributed by atoms with Crippen molar-refractivity contribution in [2.75, 3.05) is 23.3 Å². The zero-order valence-corrected chi connectivity index (χ0v) is 10.3. The van der Waals surface area contributed by atoms with Gasteiger partial charge in [-0.15, -0.1) is 0 Å². The molecule has 3 rings (SSSR count). The summed E-state index contributed by atoms with van der Waals surface area (Å²) in [4.78, 5) is 6.96. The molecule has 3 nitrogen and oxygen atoms in total. The third-order valence-corrected chi connectivity index (χ3v) is 3.92. The Bertz CT molecular complexity index is 393. The maximum Gasteiger partial charge on any atom is 0.152 e. The molecule has 1 aromatic heterocycles. The monoisotopic (exact) mass is 267 g/mol. The number of rotatable bonds is 0. The van der Waals surface area contributed by atoms with Crippen molar-refractivity contribution in [3.05, 3.63) is 16.7 Å². The molecule has 0 aromatic carbocycles. The first-order valence-corrected chi connectivity index (χ1v) is 6.21. The lowest BCUT2D eigenvalue weighted by molar-refractivity contribution is 0.521. The molecule has 4 heteroatoms. The van der Waals surface area contributed by atoms with Crippen LogP contribution in [0.5, 0.6) is 0 Å². The van der Waals surface area contributed by atoms with Crippen molar-refractivity contribution in [3.8, 4) is 0 Å². The van der Waals surface area contributed by atoms with Gasteiger partial charge in [-0.1, -0.05) is 6.92 Å². The molecule has 1 fully saturated rings. The predicted octanol–water partition coefficient (Wildman–Crippen LogP) is 2.48. The smallest absolute Gasteiger partial charge is 0.152 e. The zero-order valence-electron chi connectivity index (χ0n) is 8.70. The van der Waals surface area contributed by atoms with Gasteiger partial charge in [0.2, 0.25) is 0 Å². The van der Waals surface area contributed by atoms with E-state index in [4.69, 9.17) is 0 Å². The minimum atomic E-state index is 0.631. The number of nitrogens with zero attached hydrogens (tertiary/aromatic N) is 2. The topological polar surface area (TPSA) is 28.2 Å². The van der Waals surface area contributed by atoms with E-state index in [1.807, 2.05) is 6.20 Å². The van der Waals surface area contributed by atoms with Crippen molar-refractivity contribution < 1.29 is 0 Å². The van der Waals surface area contributed by atoms with Gasteiger partial charge in [-0.2, -0.15) is 0 Å². The van der Waals surface area contributed by atoms with Crippen molar-refractivity contribution in [3.63, 3.8) is 0 Å². The number of anilines is 2. The standard InChI is InChI=1S/C11H14BrN3/c1-7-2-3-15-10(7)6-13-9-4-8(12)5-14-11(9)15/h4-5,7,10,13H,2-3,6H2,1H3. The molecule has 15 heavy (non-hydrogen) atoms. The average molecular weight is 268 g/mol. The van der Waals surface area contributed by atoms with Crippen LogP contribution in [0.15, 0.2) is 16.7 Å². The predicted molar refractivity (Wildman–Crippen MR) is 65.3 cm³/mol. The first-order valence-electron chi connectivity index (χ1n) is 5.42. The Labute approximate surface area is 98.0 Å². The van der Waals surface area contributed by atoms with Gasteiger partial charge in [-0.25, -0.2) is 4.98 Å². The first kappa shape index (κ1) is 9.46. The molecule has 0 saturated carbocycles. The van der Waals surface area contributed by atoms with Crippen LogP contribution in [0, 0.1) is 5.92 Å². The number of halogens is 1. The van der Waals surface area contributed by atoms with Crippen LogP contribution in [0.2, 0.25) is 0 Å². The Morgan fingerprint density at radius 3 is 3.33 bits per heavy atom. The van der Waals surface area contributed by atoms with E-state index in [9.17, 15) is 0 Å². The second kappa shape index (κ2) is 3.37. The van der Waals surface area contributed by atoms with Crippen LogP contribution in [0.3, 0.4) is 0 Å². The molecule has 2 atom stereocenters. The van der Waals surface area contributed by atoms with E-state index in [-0.39, 0.29) is 0 Å². The van der Waals surface area contributed by atoms with Gasteiger partial charge in [0.05, 0.1) is 11.7 Å². The lowest BCUT2D eigenvalue weighted by Gasteiger charge is -2.34. The van der Waals surface area contributed by atoms with Crippen LogP contribution < -0.4 is 10.2 Å². The summed E-state index contributed by atoms with van der Waals surface area (Å²) in [5.74, 6) is 1.90.